The van der Waals surface area contributed by atoms with Crippen molar-refractivity contribution in [1.29, 1.82) is 0 Å². The number of aryl methyl sites for hydroxylation is 2. The van der Waals surface area contributed by atoms with Crippen LogP contribution in [0.4, 0.5) is 0 Å². The Morgan fingerprint density at radius 1 is 1.43 bits per heavy atom. The maximum absolute atomic E-state index is 8.80. The number of aromatic nitrogens is 2. The van der Waals surface area contributed by atoms with Gasteiger partial charge in [0.25, 0.3) is 0 Å². The zero-order valence-corrected chi connectivity index (χ0v) is 9.54. The Morgan fingerprint density at radius 2 is 2.07 bits per heavy atom. The molecule has 1 N–H and O–H groups in total. The van der Waals surface area contributed by atoms with Crippen LogP contribution in [0.5, 0.6) is 0 Å². The summed E-state index contributed by atoms with van der Waals surface area (Å²) in [6.45, 7) is 6.74. The molecular formula is C11H20N2O. The van der Waals surface area contributed by atoms with Crippen molar-refractivity contribution in [2.24, 2.45) is 7.05 Å². The molecule has 1 rings (SSSR count). The molecule has 0 unspecified atom stereocenters. The maximum atomic E-state index is 8.80. The topological polar surface area (TPSA) is 38.0 Å². The lowest BCUT2D eigenvalue weighted by Crippen LogP contribution is -2.15. The second-order valence-electron chi connectivity index (χ2n) is 4.75. The predicted molar refractivity (Wildman–Crippen MR) is 57.3 cm³/mol. The molecule has 0 radical (unpaired) electrons. The van der Waals surface area contributed by atoms with E-state index < -0.39 is 0 Å². The van der Waals surface area contributed by atoms with Gasteiger partial charge < -0.3 is 5.11 Å². The van der Waals surface area contributed by atoms with Crippen molar-refractivity contribution >= 4 is 0 Å². The van der Waals surface area contributed by atoms with Crippen molar-refractivity contribution in [3.63, 3.8) is 0 Å². The Labute approximate surface area is 85.8 Å². The lowest BCUT2D eigenvalue weighted by Gasteiger charge is -2.17. The van der Waals surface area contributed by atoms with Crippen LogP contribution in [-0.4, -0.2) is 21.5 Å². The van der Waals surface area contributed by atoms with E-state index in [2.05, 4.69) is 32.1 Å². The van der Waals surface area contributed by atoms with Crippen LogP contribution in [0.15, 0.2) is 6.20 Å². The standard InChI is InChI=1S/C11H20N2O/c1-11(2,3)10-9(6-5-7-14)8-13(4)12-10/h8,14H,5-7H2,1-4H3. The highest BCUT2D eigenvalue weighted by Gasteiger charge is 2.21. The van der Waals surface area contributed by atoms with Crippen molar-refractivity contribution in [1.82, 2.24) is 9.78 Å². The summed E-state index contributed by atoms with van der Waals surface area (Å²) in [5.41, 5.74) is 2.49. The third-order valence-corrected chi connectivity index (χ3v) is 2.22. The Hall–Kier alpha value is -0.830. The number of aliphatic hydroxyl groups is 1. The highest BCUT2D eigenvalue weighted by molar-refractivity contribution is 5.24. The summed E-state index contributed by atoms with van der Waals surface area (Å²) in [4.78, 5) is 0. The van der Waals surface area contributed by atoms with E-state index >= 15 is 0 Å². The fourth-order valence-corrected chi connectivity index (χ4v) is 1.62. The molecule has 80 valence electrons. The van der Waals surface area contributed by atoms with E-state index in [4.69, 9.17) is 5.11 Å². The van der Waals surface area contributed by atoms with Crippen LogP contribution in [0.1, 0.15) is 38.4 Å². The molecule has 0 bridgehead atoms. The molecule has 14 heavy (non-hydrogen) atoms. The quantitative estimate of drug-likeness (QED) is 0.798. The molecular weight excluding hydrogens is 176 g/mol. The first-order valence-electron chi connectivity index (χ1n) is 5.09. The van der Waals surface area contributed by atoms with Crippen LogP contribution in [0.25, 0.3) is 0 Å². The largest absolute Gasteiger partial charge is 0.396 e. The van der Waals surface area contributed by atoms with Gasteiger partial charge in [-0.3, -0.25) is 4.68 Å². The lowest BCUT2D eigenvalue weighted by molar-refractivity contribution is 0.288. The van der Waals surface area contributed by atoms with Gasteiger partial charge in [-0.25, -0.2) is 0 Å². The van der Waals surface area contributed by atoms with E-state index in [1.807, 2.05) is 11.7 Å². The van der Waals surface area contributed by atoms with Crippen LogP contribution in [0, 0.1) is 0 Å². The molecule has 0 aliphatic rings. The molecule has 3 heteroatoms. The van der Waals surface area contributed by atoms with Crippen LogP contribution in [0.3, 0.4) is 0 Å². The van der Waals surface area contributed by atoms with Gasteiger partial charge in [-0.15, -0.1) is 0 Å². The Balaban J connectivity index is 2.91. The Bertz CT molecular complexity index is 297. The highest BCUT2D eigenvalue weighted by Crippen LogP contribution is 2.24. The summed E-state index contributed by atoms with van der Waals surface area (Å²) < 4.78 is 1.85. The van der Waals surface area contributed by atoms with Crippen molar-refractivity contribution in [2.45, 2.75) is 39.0 Å². The van der Waals surface area contributed by atoms with E-state index in [-0.39, 0.29) is 12.0 Å². The summed E-state index contributed by atoms with van der Waals surface area (Å²) in [7, 11) is 1.94. The van der Waals surface area contributed by atoms with Gasteiger partial charge in [0.05, 0.1) is 5.69 Å². The fraction of sp³-hybridized carbons (Fsp3) is 0.727. The minimum Gasteiger partial charge on any atom is -0.396 e. The molecule has 0 aliphatic heterocycles. The van der Waals surface area contributed by atoms with Gasteiger partial charge in [-0.1, -0.05) is 20.8 Å². The molecule has 0 aromatic carbocycles. The van der Waals surface area contributed by atoms with Crippen LogP contribution >= 0.6 is 0 Å². The number of aliphatic hydroxyl groups excluding tert-OH is 1. The van der Waals surface area contributed by atoms with Gasteiger partial charge in [0, 0.05) is 25.3 Å². The molecule has 3 nitrogen and oxygen atoms in total. The SMILES string of the molecule is Cn1cc(CCCO)c(C(C)(C)C)n1. The summed E-state index contributed by atoms with van der Waals surface area (Å²) >= 11 is 0. The molecule has 0 amide bonds. The number of rotatable bonds is 3. The van der Waals surface area contributed by atoms with Gasteiger partial charge in [0.1, 0.15) is 0 Å². The van der Waals surface area contributed by atoms with E-state index in [0.717, 1.165) is 18.5 Å². The lowest BCUT2D eigenvalue weighted by atomic mass is 9.88. The molecule has 0 saturated heterocycles. The smallest absolute Gasteiger partial charge is 0.0709 e. The number of nitrogens with zero attached hydrogens (tertiary/aromatic N) is 2. The van der Waals surface area contributed by atoms with Crippen molar-refractivity contribution in [2.75, 3.05) is 6.61 Å². The van der Waals surface area contributed by atoms with E-state index in [9.17, 15) is 0 Å². The first-order chi connectivity index (χ1) is 6.45. The van der Waals surface area contributed by atoms with E-state index in [0.29, 0.717) is 0 Å². The predicted octanol–water partition coefficient (Wildman–Crippen LogP) is 1.64. The number of hydrogen-bond donors (Lipinski definition) is 1. The van der Waals surface area contributed by atoms with E-state index in [1.165, 1.54) is 5.56 Å². The normalized spacial score (nSPS) is 12.1. The summed E-state index contributed by atoms with van der Waals surface area (Å²) in [5.74, 6) is 0. The molecule has 0 atom stereocenters. The van der Waals surface area contributed by atoms with Crippen molar-refractivity contribution in [3.05, 3.63) is 17.5 Å². The van der Waals surface area contributed by atoms with Crippen LogP contribution < -0.4 is 0 Å². The summed E-state index contributed by atoms with van der Waals surface area (Å²) in [6, 6.07) is 0. The number of hydrogen-bond acceptors (Lipinski definition) is 2. The second-order valence-corrected chi connectivity index (χ2v) is 4.75. The maximum Gasteiger partial charge on any atom is 0.0709 e. The molecule has 0 saturated carbocycles. The Morgan fingerprint density at radius 3 is 2.57 bits per heavy atom. The Kier molecular flexibility index (Phi) is 3.32. The fourth-order valence-electron chi connectivity index (χ4n) is 1.62. The first kappa shape index (κ1) is 11.2. The van der Waals surface area contributed by atoms with E-state index in [1.54, 1.807) is 0 Å². The van der Waals surface area contributed by atoms with Gasteiger partial charge >= 0.3 is 0 Å². The minimum atomic E-state index is 0.0893. The van der Waals surface area contributed by atoms with Crippen LogP contribution in [-0.2, 0) is 18.9 Å². The zero-order valence-electron chi connectivity index (χ0n) is 9.54. The average Bonchev–Trinajstić information content (AvgIpc) is 2.42. The van der Waals surface area contributed by atoms with Gasteiger partial charge in [-0.05, 0) is 18.4 Å². The van der Waals surface area contributed by atoms with Crippen molar-refractivity contribution < 1.29 is 5.11 Å². The second kappa shape index (κ2) is 4.13. The molecule has 1 heterocycles. The molecule has 1 aromatic rings. The summed E-state index contributed by atoms with van der Waals surface area (Å²) in [6.07, 6.45) is 3.78. The first-order valence-corrected chi connectivity index (χ1v) is 5.09. The molecule has 1 aromatic heterocycles. The monoisotopic (exact) mass is 196 g/mol. The molecule has 0 spiro atoms. The third-order valence-electron chi connectivity index (χ3n) is 2.22. The highest BCUT2D eigenvalue weighted by atomic mass is 16.2. The third kappa shape index (κ3) is 2.58. The van der Waals surface area contributed by atoms with Gasteiger partial charge in [-0.2, -0.15) is 5.10 Å². The van der Waals surface area contributed by atoms with Gasteiger partial charge in [0.2, 0.25) is 0 Å². The van der Waals surface area contributed by atoms with Gasteiger partial charge in [0.15, 0.2) is 0 Å². The zero-order chi connectivity index (χ0) is 10.8. The van der Waals surface area contributed by atoms with Crippen LogP contribution in [0.2, 0.25) is 0 Å². The summed E-state index contributed by atoms with van der Waals surface area (Å²) in [5, 5.41) is 13.3. The minimum absolute atomic E-state index is 0.0893. The van der Waals surface area contributed by atoms with Crippen molar-refractivity contribution in [3.8, 4) is 0 Å². The average molecular weight is 196 g/mol. The molecule has 0 aliphatic carbocycles. The molecule has 0 fully saturated rings.